The average molecular weight is 439 g/mol. The Morgan fingerprint density at radius 1 is 0.967 bits per heavy atom. The van der Waals surface area contributed by atoms with Gasteiger partial charge in [0.2, 0.25) is 5.79 Å². The van der Waals surface area contributed by atoms with Crippen molar-refractivity contribution in [1.82, 2.24) is 0 Å². The summed E-state index contributed by atoms with van der Waals surface area (Å²) in [4.78, 5) is 24.0. The fourth-order valence-electron chi connectivity index (χ4n) is 8.65. The molecule has 0 N–H and O–H groups in total. The molecule has 11 atom stereocenters. The molecule has 2 saturated heterocycles. The molecule has 6 fully saturated rings. The topological polar surface area (TPSA) is 77.7 Å². The Balaban J connectivity index is 1.38. The van der Waals surface area contributed by atoms with Crippen LogP contribution in [0.3, 0.4) is 0 Å². The molecular formula is C23H31ClO6. The normalized spacial score (nSPS) is 59.6. The number of fused-ring (bicyclic) bond motifs is 8. The van der Waals surface area contributed by atoms with Crippen LogP contribution in [0.4, 0.5) is 0 Å². The Labute approximate surface area is 182 Å². The van der Waals surface area contributed by atoms with E-state index in [-0.39, 0.29) is 46.5 Å². The van der Waals surface area contributed by atoms with Crippen LogP contribution in [0.1, 0.15) is 66.2 Å². The number of esters is 2. The minimum Gasteiger partial charge on any atom is -0.457 e. The van der Waals surface area contributed by atoms with Gasteiger partial charge in [0, 0.05) is 31.1 Å². The number of carbonyl (C=O) groups excluding carboxylic acids is 2. The van der Waals surface area contributed by atoms with E-state index in [0.29, 0.717) is 24.2 Å². The van der Waals surface area contributed by atoms with Crippen molar-refractivity contribution in [3.63, 3.8) is 0 Å². The van der Waals surface area contributed by atoms with E-state index in [1.54, 1.807) is 0 Å². The number of halogens is 1. The lowest BCUT2D eigenvalue weighted by molar-refractivity contribution is -0.234. The van der Waals surface area contributed by atoms with Crippen LogP contribution in [-0.4, -0.2) is 47.0 Å². The molecule has 0 radical (unpaired) electrons. The van der Waals surface area contributed by atoms with E-state index < -0.39 is 11.4 Å². The smallest absolute Gasteiger partial charge is 0.305 e. The van der Waals surface area contributed by atoms with E-state index in [4.69, 9.17) is 30.5 Å². The van der Waals surface area contributed by atoms with Crippen LogP contribution < -0.4 is 0 Å². The maximum atomic E-state index is 12.2. The maximum absolute atomic E-state index is 12.2. The summed E-state index contributed by atoms with van der Waals surface area (Å²) >= 11 is 7.14. The van der Waals surface area contributed by atoms with Crippen LogP contribution in [-0.2, 0) is 28.5 Å². The van der Waals surface area contributed by atoms with Crippen LogP contribution in [0, 0.1) is 28.6 Å². The first-order valence-corrected chi connectivity index (χ1v) is 11.9. The van der Waals surface area contributed by atoms with Crippen molar-refractivity contribution in [2.24, 2.45) is 28.6 Å². The van der Waals surface area contributed by atoms with E-state index in [0.717, 1.165) is 32.1 Å². The third kappa shape index (κ3) is 2.19. The summed E-state index contributed by atoms with van der Waals surface area (Å²) in [5.41, 5.74) is -1.07. The van der Waals surface area contributed by atoms with Crippen molar-refractivity contribution in [1.29, 1.82) is 0 Å². The van der Waals surface area contributed by atoms with Crippen LogP contribution in [0.2, 0.25) is 0 Å². The molecule has 0 bridgehead atoms. The first kappa shape index (κ1) is 19.8. The zero-order valence-electron chi connectivity index (χ0n) is 18.1. The lowest BCUT2D eigenvalue weighted by atomic mass is 9.43. The molecule has 4 saturated carbocycles. The highest BCUT2D eigenvalue weighted by atomic mass is 35.5. The van der Waals surface area contributed by atoms with Crippen molar-refractivity contribution in [3.05, 3.63) is 0 Å². The molecule has 6 rings (SSSR count). The van der Waals surface area contributed by atoms with Gasteiger partial charge < -0.3 is 18.9 Å². The molecule has 166 valence electrons. The number of rotatable bonds is 2. The molecule has 4 aliphatic carbocycles. The van der Waals surface area contributed by atoms with E-state index in [2.05, 4.69) is 13.8 Å². The highest BCUT2D eigenvalue weighted by Crippen LogP contribution is 2.75. The van der Waals surface area contributed by atoms with Gasteiger partial charge in [-0.05, 0) is 49.9 Å². The van der Waals surface area contributed by atoms with Crippen molar-refractivity contribution < 1.29 is 28.5 Å². The fraction of sp³-hybridized carbons (Fsp3) is 0.913. The predicted molar refractivity (Wildman–Crippen MR) is 107 cm³/mol. The average Bonchev–Trinajstić information content (AvgIpc) is 3.51. The SMILES string of the molecule is CC(=O)O[C@@]12O[C@@H]1C[C@H]1[C@@H]3C[C@@H](Cl)[C@@]4(OC(C)=O)CC5OC5C[C@]4(C)[C@H]3CC[C@@]12C. The third-order valence-corrected chi connectivity index (χ3v) is 10.5. The highest BCUT2D eigenvalue weighted by Gasteiger charge is 2.82. The Hall–Kier alpha value is -0.850. The quantitative estimate of drug-likeness (QED) is 0.372. The van der Waals surface area contributed by atoms with E-state index in [9.17, 15) is 9.59 Å². The molecular weight excluding hydrogens is 408 g/mol. The van der Waals surface area contributed by atoms with Gasteiger partial charge in [-0.15, -0.1) is 11.6 Å². The zero-order chi connectivity index (χ0) is 21.3. The molecule has 0 aromatic heterocycles. The summed E-state index contributed by atoms with van der Waals surface area (Å²) in [5, 5.41) is -0.248. The van der Waals surface area contributed by atoms with Crippen LogP contribution in [0.15, 0.2) is 0 Å². The summed E-state index contributed by atoms with van der Waals surface area (Å²) in [6, 6.07) is 0. The largest absolute Gasteiger partial charge is 0.457 e. The Bertz CT molecular complexity index is 833. The van der Waals surface area contributed by atoms with E-state index in [1.807, 2.05) is 0 Å². The molecule has 2 unspecified atom stereocenters. The van der Waals surface area contributed by atoms with Gasteiger partial charge in [-0.25, -0.2) is 0 Å². The summed E-state index contributed by atoms with van der Waals surface area (Å²) in [6.45, 7) is 7.49. The van der Waals surface area contributed by atoms with Crippen molar-refractivity contribution >= 4 is 23.5 Å². The first-order chi connectivity index (χ1) is 14.1. The number of epoxide rings is 2. The summed E-state index contributed by atoms with van der Waals surface area (Å²) in [6.07, 6.45) is 5.70. The van der Waals surface area contributed by atoms with Gasteiger partial charge in [0.25, 0.3) is 0 Å². The molecule has 6 nitrogen and oxygen atoms in total. The van der Waals surface area contributed by atoms with Gasteiger partial charge in [0.1, 0.15) is 11.7 Å². The van der Waals surface area contributed by atoms with Gasteiger partial charge in [0.05, 0.1) is 17.6 Å². The number of alkyl halides is 1. The van der Waals surface area contributed by atoms with Crippen LogP contribution in [0.5, 0.6) is 0 Å². The van der Waals surface area contributed by atoms with Crippen molar-refractivity contribution in [2.75, 3.05) is 0 Å². The zero-order valence-corrected chi connectivity index (χ0v) is 18.9. The number of carbonyl (C=O) groups is 2. The predicted octanol–water partition coefficient (Wildman–Crippen LogP) is 3.58. The second kappa shape index (κ2) is 5.74. The van der Waals surface area contributed by atoms with Gasteiger partial charge in [0.15, 0.2) is 0 Å². The van der Waals surface area contributed by atoms with Gasteiger partial charge in [-0.2, -0.15) is 0 Å². The maximum Gasteiger partial charge on any atom is 0.305 e. The molecule has 0 aromatic carbocycles. The standard InChI is InChI=1S/C23H31ClO6/c1-11(25)28-22-10-17-16(27-17)9-21(22,4)14-5-6-20(3)15(13(14)7-18(22)24)8-19-23(20,30-19)29-12(2)26/h13-19H,5-10H2,1-4H3/t13-,14+,15+,16?,17?,18-,19-,20+,21-,22+,23-/m1/s1. The Morgan fingerprint density at radius 2 is 1.67 bits per heavy atom. The fourth-order valence-corrected chi connectivity index (χ4v) is 9.24. The van der Waals surface area contributed by atoms with Gasteiger partial charge in [-0.1, -0.05) is 13.8 Å². The Kier molecular flexibility index (Phi) is 3.79. The van der Waals surface area contributed by atoms with Crippen molar-refractivity contribution in [2.45, 2.75) is 101 Å². The summed E-state index contributed by atoms with van der Waals surface area (Å²) in [5.74, 6) is -0.0831. The Morgan fingerprint density at radius 3 is 2.37 bits per heavy atom. The molecule has 0 amide bonds. The third-order valence-electron chi connectivity index (χ3n) is 9.98. The molecule has 2 aliphatic heterocycles. The number of ether oxygens (including phenoxy) is 4. The van der Waals surface area contributed by atoms with E-state index >= 15 is 0 Å². The minimum absolute atomic E-state index is 0.000568. The molecule has 6 aliphatic rings. The first-order valence-electron chi connectivity index (χ1n) is 11.4. The van der Waals surface area contributed by atoms with Gasteiger partial charge in [-0.3, -0.25) is 9.59 Å². The lowest BCUT2D eigenvalue weighted by Gasteiger charge is -2.65. The van der Waals surface area contributed by atoms with Crippen LogP contribution in [0.25, 0.3) is 0 Å². The monoisotopic (exact) mass is 438 g/mol. The number of hydrogen-bond acceptors (Lipinski definition) is 6. The van der Waals surface area contributed by atoms with Crippen molar-refractivity contribution in [3.8, 4) is 0 Å². The van der Waals surface area contributed by atoms with Crippen LogP contribution >= 0.6 is 11.6 Å². The molecule has 30 heavy (non-hydrogen) atoms. The molecule has 2 heterocycles. The van der Waals surface area contributed by atoms with E-state index in [1.165, 1.54) is 13.8 Å². The summed E-state index contributed by atoms with van der Waals surface area (Å²) in [7, 11) is 0. The molecule has 7 heteroatoms. The van der Waals surface area contributed by atoms with Gasteiger partial charge >= 0.3 is 11.9 Å². The molecule has 0 spiro atoms. The second-order valence-corrected chi connectivity index (χ2v) is 11.7. The minimum atomic E-state index is -0.751. The highest BCUT2D eigenvalue weighted by molar-refractivity contribution is 6.21. The number of hydrogen-bond donors (Lipinski definition) is 0. The lowest BCUT2D eigenvalue weighted by Crippen LogP contribution is -2.68. The summed E-state index contributed by atoms with van der Waals surface area (Å²) < 4.78 is 23.9. The second-order valence-electron chi connectivity index (χ2n) is 11.2. The molecule has 0 aromatic rings.